The van der Waals surface area contributed by atoms with Gasteiger partial charge in [0.25, 0.3) is 0 Å². The predicted molar refractivity (Wildman–Crippen MR) is 102 cm³/mol. The van der Waals surface area contributed by atoms with Gasteiger partial charge in [-0.2, -0.15) is 0 Å². The SMILES string of the molecule is Cc1ccc(C2=NOC(c3ccccc3)N(C3CCCCC3)C2)cc1. The quantitative estimate of drug-likeness (QED) is 0.783. The van der Waals surface area contributed by atoms with Crippen molar-refractivity contribution in [1.29, 1.82) is 0 Å². The fourth-order valence-corrected chi connectivity index (χ4v) is 3.95. The molecule has 0 spiro atoms. The van der Waals surface area contributed by atoms with Crippen molar-refractivity contribution in [2.24, 2.45) is 5.16 Å². The molecule has 0 N–H and O–H groups in total. The summed E-state index contributed by atoms with van der Waals surface area (Å²) in [7, 11) is 0. The molecule has 4 rings (SSSR count). The number of hydrogen-bond donors (Lipinski definition) is 0. The van der Waals surface area contributed by atoms with E-state index in [1.807, 2.05) is 0 Å². The van der Waals surface area contributed by atoms with Gasteiger partial charge in [-0.3, -0.25) is 4.90 Å². The fraction of sp³-hybridized carbons (Fsp3) is 0.409. The lowest BCUT2D eigenvalue weighted by molar-refractivity contribution is -0.0922. The Morgan fingerprint density at radius 3 is 2.36 bits per heavy atom. The minimum atomic E-state index is -0.0708. The molecule has 3 heteroatoms. The van der Waals surface area contributed by atoms with E-state index in [9.17, 15) is 0 Å². The van der Waals surface area contributed by atoms with Gasteiger partial charge in [0.1, 0.15) is 5.71 Å². The van der Waals surface area contributed by atoms with Crippen LogP contribution in [-0.2, 0) is 4.84 Å². The molecule has 1 aliphatic carbocycles. The Bertz CT molecular complexity index is 717. The highest BCUT2D eigenvalue weighted by Gasteiger charge is 2.34. The molecule has 0 saturated heterocycles. The lowest BCUT2D eigenvalue weighted by atomic mass is 9.92. The molecule has 130 valence electrons. The number of aryl methyl sites for hydroxylation is 1. The highest BCUT2D eigenvalue weighted by atomic mass is 16.7. The molecule has 0 aromatic heterocycles. The zero-order valence-electron chi connectivity index (χ0n) is 14.9. The average Bonchev–Trinajstić information content (AvgIpc) is 2.69. The van der Waals surface area contributed by atoms with E-state index in [0.717, 1.165) is 17.8 Å². The normalized spacial score (nSPS) is 22.3. The van der Waals surface area contributed by atoms with Crippen LogP contribution in [0.15, 0.2) is 59.8 Å². The molecule has 1 heterocycles. The Hall–Kier alpha value is -2.13. The predicted octanol–water partition coefficient (Wildman–Crippen LogP) is 5.06. The summed E-state index contributed by atoms with van der Waals surface area (Å²) >= 11 is 0. The van der Waals surface area contributed by atoms with Crippen molar-refractivity contribution in [3.8, 4) is 0 Å². The van der Waals surface area contributed by atoms with Crippen molar-refractivity contribution >= 4 is 5.71 Å². The van der Waals surface area contributed by atoms with Gasteiger partial charge in [-0.25, -0.2) is 0 Å². The zero-order chi connectivity index (χ0) is 17.1. The number of oxime groups is 1. The van der Waals surface area contributed by atoms with Crippen molar-refractivity contribution in [2.45, 2.75) is 51.3 Å². The summed E-state index contributed by atoms with van der Waals surface area (Å²) in [5.74, 6) is 0. The highest BCUT2D eigenvalue weighted by Crippen LogP contribution is 2.33. The molecule has 0 amide bonds. The van der Waals surface area contributed by atoms with Gasteiger partial charge in [0, 0.05) is 23.7 Å². The number of rotatable bonds is 3. The van der Waals surface area contributed by atoms with Crippen LogP contribution in [0.3, 0.4) is 0 Å². The third-order valence-electron chi connectivity index (χ3n) is 5.41. The summed E-state index contributed by atoms with van der Waals surface area (Å²) in [5, 5.41) is 4.51. The molecule has 2 aliphatic rings. The van der Waals surface area contributed by atoms with E-state index in [1.165, 1.54) is 43.2 Å². The zero-order valence-corrected chi connectivity index (χ0v) is 14.9. The van der Waals surface area contributed by atoms with E-state index >= 15 is 0 Å². The molecule has 0 radical (unpaired) electrons. The van der Waals surface area contributed by atoms with Gasteiger partial charge in [0.15, 0.2) is 0 Å². The van der Waals surface area contributed by atoms with Crippen LogP contribution in [0.2, 0.25) is 0 Å². The Labute approximate surface area is 150 Å². The first kappa shape index (κ1) is 16.3. The van der Waals surface area contributed by atoms with Gasteiger partial charge in [-0.05, 0) is 19.8 Å². The Morgan fingerprint density at radius 1 is 0.920 bits per heavy atom. The lowest BCUT2D eigenvalue weighted by Crippen LogP contribution is -2.46. The van der Waals surface area contributed by atoms with Crippen LogP contribution in [0.1, 0.15) is 55.0 Å². The molecular weight excluding hydrogens is 308 g/mol. The highest BCUT2D eigenvalue weighted by molar-refractivity contribution is 6.02. The molecule has 1 aliphatic heterocycles. The van der Waals surface area contributed by atoms with Crippen molar-refractivity contribution in [3.63, 3.8) is 0 Å². The summed E-state index contributed by atoms with van der Waals surface area (Å²) in [4.78, 5) is 8.57. The van der Waals surface area contributed by atoms with Crippen LogP contribution in [-0.4, -0.2) is 23.2 Å². The monoisotopic (exact) mass is 334 g/mol. The van der Waals surface area contributed by atoms with Gasteiger partial charge < -0.3 is 4.84 Å². The van der Waals surface area contributed by atoms with Crippen molar-refractivity contribution in [3.05, 3.63) is 71.3 Å². The van der Waals surface area contributed by atoms with E-state index in [0.29, 0.717) is 6.04 Å². The number of benzene rings is 2. The van der Waals surface area contributed by atoms with Crippen LogP contribution in [0.5, 0.6) is 0 Å². The third kappa shape index (κ3) is 3.62. The summed E-state index contributed by atoms with van der Waals surface area (Å²) in [6.07, 6.45) is 6.44. The van der Waals surface area contributed by atoms with Crippen molar-refractivity contribution < 1.29 is 4.84 Å². The molecule has 3 nitrogen and oxygen atoms in total. The molecule has 1 saturated carbocycles. The van der Waals surface area contributed by atoms with Gasteiger partial charge in [-0.15, -0.1) is 0 Å². The van der Waals surface area contributed by atoms with E-state index in [1.54, 1.807) is 0 Å². The van der Waals surface area contributed by atoms with Crippen LogP contribution in [0.4, 0.5) is 0 Å². The lowest BCUT2D eigenvalue weighted by Gasteiger charge is -2.41. The Kier molecular flexibility index (Phi) is 4.84. The van der Waals surface area contributed by atoms with Crippen LogP contribution < -0.4 is 0 Å². The molecule has 2 aromatic rings. The second-order valence-electron chi connectivity index (χ2n) is 7.24. The average molecular weight is 334 g/mol. The third-order valence-corrected chi connectivity index (χ3v) is 5.41. The number of nitrogens with zero attached hydrogens (tertiary/aromatic N) is 2. The van der Waals surface area contributed by atoms with Crippen molar-refractivity contribution in [2.75, 3.05) is 6.54 Å². The summed E-state index contributed by atoms with van der Waals surface area (Å²) in [5.41, 5.74) is 4.67. The largest absolute Gasteiger partial charge is 0.371 e. The Balaban J connectivity index is 1.63. The second kappa shape index (κ2) is 7.40. The van der Waals surface area contributed by atoms with E-state index in [-0.39, 0.29) is 6.23 Å². The minimum Gasteiger partial charge on any atom is -0.371 e. The van der Waals surface area contributed by atoms with Gasteiger partial charge >= 0.3 is 0 Å². The van der Waals surface area contributed by atoms with Crippen LogP contribution in [0.25, 0.3) is 0 Å². The maximum absolute atomic E-state index is 6.04. The second-order valence-corrected chi connectivity index (χ2v) is 7.24. The molecule has 25 heavy (non-hydrogen) atoms. The maximum Gasteiger partial charge on any atom is 0.207 e. The first-order chi connectivity index (χ1) is 12.3. The summed E-state index contributed by atoms with van der Waals surface area (Å²) in [6, 6.07) is 19.7. The van der Waals surface area contributed by atoms with E-state index in [2.05, 4.69) is 71.6 Å². The van der Waals surface area contributed by atoms with E-state index in [4.69, 9.17) is 4.84 Å². The van der Waals surface area contributed by atoms with Gasteiger partial charge in [0.2, 0.25) is 6.23 Å². The molecule has 2 aromatic carbocycles. The molecular formula is C22H26N2O. The molecule has 1 atom stereocenters. The molecule has 0 bridgehead atoms. The summed E-state index contributed by atoms with van der Waals surface area (Å²) in [6.45, 7) is 2.97. The maximum atomic E-state index is 6.04. The van der Waals surface area contributed by atoms with Crippen LogP contribution >= 0.6 is 0 Å². The number of hydrogen-bond acceptors (Lipinski definition) is 3. The standard InChI is InChI=1S/C22H26N2O/c1-17-12-14-18(15-13-17)21-16-24(20-10-6-3-7-11-20)22(25-23-21)19-8-4-2-5-9-19/h2,4-5,8-9,12-15,20,22H,3,6-7,10-11,16H2,1H3. The smallest absolute Gasteiger partial charge is 0.207 e. The summed E-state index contributed by atoms with van der Waals surface area (Å²) < 4.78 is 0. The fourth-order valence-electron chi connectivity index (χ4n) is 3.95. The van der Waals surface area contributed by atoms with Crippen LogP contribution in [0, 0.1) is 6.92 Å². The molecule has 1 unspecified atom stereocenters. The van der Waals surface area contributed by atoms with Crippen molar-refractivity contribution in [1.82, 2.24) is 4.90 Å². The topological polar surface area (TPSA) is 24.8 Å². The Morgan fingerprint density at radius 2 is 1.64 bits per heavy atom. The van der Waals surface area contributed by atoms with Gasteiger partial charge in [0.05, 0.1) is 0 Å². The minimum absolute atomic E-state index is 0.0708. The first-order valence-electron chi connectivity index (χ1n) is 9.42. The molecule has 1 fully saturated rings. The van der Waals surface area contributed by atoms with Gasteiger partial charge in [-0.1, -0.05) is 84.6 Å². The van der Waals surface area contributed by atoms with E-state index < -0.39 is 0 Å². The first-order valence-corrected chi connectivity index (χ1v) is 9.42.